The van der Waals surface area contributed by atoms with Gasteiger partial charge >= 0.3 is 0 Å². The summed E-state index contributed by atoms with van der Waals surface area (Å²) in [7, 11) is 0. The number of carbonyl (C=O) groups is 2. The van der Waals surface area contributed by atoms with Gasteiger partial charge in [-0.2, -0.15) is 0 Å². The highest BCUT2D eigenvalue weighted by Gasteiger charge is 2.19. The molecule has 6 nitrogen and oxygen atoms in total. The third-order valence-electron chi connectivity index (χ3n) is 4.78. The van der Waals surface area contributed by atoms with Gasteiger partial charge in [0.1, 0.15) is 0 Å². The second kappa shape index (κ2) is 7.67. The van der Waals surface area contributed by atoms with Crippen LogP contribution in [0, 0.1) is 6.92 Å². The number of aryl methyl sites for hydroxylation is 1. The van der Waals surface area contributed by atoms with Crippen molar-refractivity contribution >= 4 is 45.7 Å². The molecule has 146 valence electrons. The van der Waals surface area contributed by atoms with Gasteiger partial charge in [-0.1, -0.05) is 30.0 Å². The van der Waals surface area contributed by atoms with E-state index in [1.807, 2.05) is 35.6 Å². The molecule has 0 saturated heterocycles. The Bertz CT molecular complexity index is 1230. The molecule has 1 unspecified atom stereocenters. The summed E-state index contributed by atoms with van der Waals surface area (Å²) >= 11 is 1.36. The second-order valence-electron chi connectivity index (χ2n) is 6.90. The topological polar surface area (TPSA) is 76.4 Å². The second-order valence-corrected chi connectivity index (χ2v) is 8.21. The number of fused-ring (bicyclic) bond motifs is 3. The van der Waals surface area contributed by atoms with Crippen molar-refractivity contribution in [1.29, 1.82) is 0 Å². The molecule has 0 aliphatic carbocycles. The molecule has 0 spiro atoms. The number of amides is 1. The Kier molecular flexibility index (Phi) is 5.07. The summed E-state index contributed by atoms with van der Waals surface area (Å²) < 4.78 is 1.98. The lowest BCUT2D eigenvalue weighted by atomic mass is 10.1. The number of ketones is 1. The molecule has 0 fully saturated rings. The average Bonchev–Trinajstić information content (AvgIpc) is 3.11. The zero-order chi connectivity index (χ0) is 20.5. The van der Waals surface area contributed by atoms with Crippen molar-refractivity contribution in [2.75, 3.05) is 5.32 Å². The van der Waals surface area contributed by atoms with E-state index in [1.54, 1.807) is 24.3 Å². The van der Waals surface area contributed by atoms with Crippen LogP contribution in [0.5, 0.6) is 0 Å². The van der Waals surface area contributed by atoms with Gasteiger partial charge in [0.25, 0.3) is 0 Å². The quantitative estimate of drug-likeness (QED) is 0.391. The lowest BCUT2D eigenvalue weighted by Gasteiger charge is -2.12. The van der Waals surface area contributed by atoms with Crippen LogP contribution >= 0.6 is 11.8 Å². The van der Waals surface area contributed by atoms with E-state index in [0.717, 1.165) is 22.1 Å². The van der Waals surface area contributed by atoms with Crippen LogP contribution in [0.1, 0.15) is 29.8 Å². The van der Waals surface area contributed by atoms with Gasteiger partial charge < -0.3 is 5.32 Å². The molecule has 29 heavy (non-hydrogen) atoms. The minimum atomic E-state index is -0.380. The molecule has 1 amide bonds. The zero-order valence-corrected chi connectivity index (χ0v) is 17.2. The first-order valence-electron chi connectivity index (χ1n) is 9.26. The van der Waals surface area contributed by atoms with Gasteiger partial charge in [-0.25, -0.2) is 0 Å². The molecule has 0 bridgehead atoms. The van der Waals surface area contributed by atoms with E-state index in [4.69, 9.17) is 0 Å². The molecule has 0 saturated carbocycles. The van der Waals surface area contributed by atoms with Crippen LogP contribution in [0.4, 0.5) is 5.69 Å². The fourth-order valence-electron chi connectivity index (χ4n) is 3.19. The normalized spacial score (nSPS) is 12.2. The smallest absolute Gasteiger partial charge is 0.237 e. The van der Waals surface area contributed by atoms with Gasteiger partial charge in [-0.3, -0.25) is 14.0 Å². The Morgan fingerprint density at radius 1 is 1.07 bits per heavy atom. The molecule has 0 aliphatic heterocycles. The van der Waals surface area contributed by atoms with E-state index in [0.29, 0.717) is 16.4 Å². The first-order chi connectivity index (χ1) is 13.9. The number of benzene rings is 2. The maximum Gasteiger partial charge on any atom is 0.237 e. The van der Waals surface area contributed by atoms with Crippen molar-refractivity contribution in [1.82, 2.24) is 14.6 Å². The molecule has 1 atom stereocenters. The average molecular weight is 404 g/mol. The largest absolute Gasteiger partial charge is 0.325 e. The minimum Gasteiger partial charge on any atom is -0.325 e. The molecule has 0 aliphatic rings. The summed E-state index contributed by atoms with van der Waals surface area (Å²) in [5.41, 5.74) is 4.18. The number of aromatic nitrogens is 3. The summed E-state index contributed by atoms with van der Waals surface area (Å²) in [5, 5.41) is 12.9. The summed E-state index contributed by atoms with van der Waals surface area (Å²) in [6.07, 6.45) is 0. The molecule has 2 aromatic carbocycles. The van der Waals surface area contributed by atoms with E-state index in [9.17, 15) is 9.59 Å². The highest BCUT2D eigenvalue weighted by molar-refractivity contribution is 8.00. The first-order valence-corrected chi connectivity index (χ1v) is 10.1. The molecule has 4 aromatic rings. The van der Waals surface area contributed by atoms with Crippen molar-refractivity contribution in [2.24, 2.45) is 0 Å². The van der Waals surface area contributed by atoms with E-state index in [-0.39, 0.29) is 16.9 Å². The Hall–Kier alpha value is -3.19. The van der Waals surface area contributed by atoms with Gasteiger partial charge in [0.05, 0.1) is 10.8 Å². The van der Waals surface area contributed by atoms with Crippen molar-refractivity contribution < 1.29 is 9.59 Å². The van der Waals surface area contributed by atoms with Crippen LogP contribution in [0.3, 0.4) is 0 Å². The van der Waals surface area contributed by atoms with Crippen molar-refractivity contribution in [3.8, 4) is 0 Å². The lowest BCUT2D eigenvalue weighted by Crippen LogP contribution is -2.22. The number of rotatable bonds is 5. The minimum absolute atomic E-state index is 0.00653. The summed E-state index contributed by atoms with van der Waals surface area (Å²) in [6.45, 7) is 5.40. The fraction of sp³-hybridized carbons (Fsp3) is 0.182. The number of nitrogens with one attached hydrogen (secondary N) is 1. The number of hydrogen-bond acceptors (Lipinski definition) is 5. The van der Waals surface area contributed by atoms with Crippen molar-refractivity contribution in [3.63, 3.8) is 0 Å². The van der Waals surface area contributed by atoms with Crippen LogP contribution in [0.15, 0.2) is 59.8 Å². The molecule has 2 heterocycles. The summed E-state index contributed by atoms with van der Waals surface area (Å²) in [4.78, 5) is 24.0. The zero-order valence-electron chi connectivity index (χ0n) is 16.3. The first kappa shape index (κ1) is 19.1. The highest BCUT2D eigenvalue weighted by Crippen LogP contribution is 2.28. The van der Waals surface area contributed by atoms with E-state index in [1.165, 1.54) is 18.7 Å². The number of para-hydroxylation sites is 1. The standard InChI is InChI=1S/C22H20N4O2S/c1-13-12-20-24-25-22(26(20)19-7-5-4-6-18(13)19)29-15(3)21(28)23-17-10-8-16(9-11-17)14(2)27/h4-12,15H,1-3H3,(H,23,28). The molecular weight excluding hydrogens is 384 g/mol. The molecule has 7 heteroatoms. The number of anilines is 1. The Labute approximate surface area is 172 Å². The summed E-state index contributed by atoms with van der Waals surface area (Å²) in [5.74, 6) is -0.147. The van der Waals surface area contributed by atoms with E-state index in [2.05, 4.69) is 28.5 Å². The Morgan fingerprint density at radius 3 is 2.52 bits per heavy atom. The number of nitrogens with zero attached hydrogens (tertiary/aromatic N) is 3. The number of thioether (sulfide) groups is 1. The van der Waals surface area contributed by atoms with Crippen LogP contribution in [-0.4, -0.2) is 31.5 Å². The van der Waals surface area contributed by atoms with Crippen molar-refractivity contribution in [3.05, 3.63) is 65.7 Å². The number of Topliss-reactive ketones (excluding diaryl/α,β-unsaturated/α-hetero) is 1. The molecule has 4 rings (SSSR count). The van der Waals surface area contributed by atoms with Gasteiger partial charge in [-0.15, -0.1) is 10.2 Å². The van der Waals surface area contributed by atoms with Gasteiger partial charge in [-0.05, 0) is 62.7 Å². The highest BCUT2D eigenvalue weighted by atomic mass is 32.2. The maximum atomic E-state index is 12.7. The van der Waals surface area contributed by atoms with Gasteiger partial charge in [0.15, 0.2) is 16.6 Å². The van der Waals surface area contributed by atoms with Gasteiger partial charge in [0, 0.05) is 16.6 Å². The van der Waals surface area contributed by atoms with Crippen LogP contribution in [0.25, 0.3) is 16.6 Å². The monoisotopic (exact) mass is 404 g/mol. The number of hydrogen-bond donors (Lipinski definition) is 1. The van der Waals surface area contributed by atoms with Gasteiger partial charge in [0.2, 0.25) is 5.91 Å². The fourth-order valence-corrected chi connectivity index (χ4v) is 4.06. The predicted octanol–water partition coefficient (Wildman–Crippen LogP) is 4.51. The third kappa shape index (κ3) is 3.73. The molecular formula is C22H20N4O2S. The maximum absolute atomic E-state index is 12.7. The van der Waals surface area contributed by atoms with Crippen molar-refractivity contribution in [2.45, 2.75) is 31.2 Å². The lowest BCUT2D eigenvalue weighted by molar-refractivity contribution is -0.115. The van der Waals surface area contributed by atoms with E-state index < -0.39 is 0 Å². The van der Waals surface area contributed by atoms with Crippen LogP contribution in [0.2, 0.25) is 0 Å². The molecule has 2 aromatic heterocycles. The third-order valence-corrected chi connectivity index (χ3v) is 5.83. The molecule has 0 radical (unpaired) electrons. The summed E-state index contributed by atoms with van der Waals surface area (Å²) in [6, 6.07) is 17.0. The van der Waals surface area contributed by atoms with E-state index >= 15 is 0 Å². The number of pyridine rings is 1. The van der Waals surface area contributed by atoms with Crippen LogP contribution in [-0.2, 0) is 4.79 Å². The SMILES string of the molecule is CC(=O)c1ccc(NC(=O)C(C)Sc2nnc3cc(C)c4ccccc4n23)cc1. The number of carbonyl (C=O) groups excluding carboxylic acids is 2. The molecule has 1 N–H and O–H groups in total. The Balaban J connectivity index is 1.57. The Morgan fingerprint density at radius 2 is 1.79 bits per heavy atom. The predicted molar refractivity (Wildman–Crippen MR) is 116 cm³/mol. The van der Waals surface area contributed by atoms with Crippen LogP contribution < -0.4 is 5.32 Å².